The number of halogens is 3. The number of allylic oxidation sites excluding steroid dienone is 1. The van der Waals surface area contributed by atoms with Crippen molar-refractivity contribution < 1.29 is 4.74 Å². The zero-order valence-electron chi connectivity index (χ0n) is 16.4. The third kappa shape index (κ3) is 4.94. The van der Waals surface area contributed by atoms with Crippen LogP contribution in [0, 0.1) is 18.3 Å². The zero-order chi connectivity index (χ0) is 22.0. The molecule has 4 rings (SSSR count). The Bertz CT molecular complexity index is 1350. The first-order valence-electron chi connectivity index (χ1n) is 9.38. The van der Waals surface area contributed by atoms with Crippen LogP contribution in [0.1, 0.15) is 22.5 Å². The van der Waals surface area contributed by atoms with Gasteiger partial charge >= 0.3 is 0 Å². The van der Waals surface area contributed by atoms with Gasteiger partial charge in [-0.05, 0) is 66.6 Å². The van der Waals surface area contributed by atoms with E-state index < -0.39 is 0 Å². The van der Waals surface area contributed by atoms with Crippen molar-refractivity contribution in [1.82, 2.24) is 9.97 Å². The fraction of sp³-hybridized carbons (Fsp3) is 0.0833. The first-order valence-corrected chi connectivity index (χ1v) is 10.9. The van der Waals surface area contributed by atoms with Crippen LogP contribution in [0.3, 0.4) is 0 Å². The molecule has 7 heteroatoms. The van der Waals surface area contributed by atoms with Crippen LogP contribution in [0.2, 0.25) is 10.0 Å². The van der Waals surface area contributed by atoms with Crippen molar-refractivity contribution in [3.05, 3.63) is 91.6 Å². The number of aryl methyl sites for hydroxylation is 1. The maximum Gasteiger partial charge on any atom is 0.149 e. The average Bonchev–Trinajstić information content (AvgIpc) is 3.16. The summed E-state index contributed by atoms with van der Waals surface area (Å²) in [7, 11) is 0. The summed E-state index contributed by atoms with van der Waals surface area (Å²) in [5, 5.41) is 10.8. The van der Waals surface area contributed by atoms with Crippen LogP contribution >= 0.6 is 39.1 Å². The lowest BCUT2D eigenvalue weighted by Crippen LogP contribution is -1.97. The Morgan fingerprint density at radius 2 is 1.97 bits per heavy atom. The summed E-state index contributed by atoms with van der Waals surface area (Å²) in [4.78, 5) is 7.79. The molecule has 0 amide bonds. The van der Waals surface area contributed by atoms with Gasteiger partial charge in [-0.25, -0.2) is 4.98 Å². The maximum atomic E-state index is 9.79. The number of aromatic amines is 1. The van der Waals surface area contributed by atoms with E-state index in [9.17, 15) is 5.26 Å². The highest BCUT2D eigenvalue weighted by Gasteiger charge is 2.11. The van der Waals surface area contributed by atoms with Gasteiger partial charge in [0, 0.05) is 10.0 Å². The molecule has 0 aliphatic heterocycles. The summed E-state index contributed by atoms with van der Waals surface area (Å²) in [5.41, 5.74) is 4.87. The quantitative estimate of drug-likeness (QED) is 0.280. The van der Waals surface area contributed by atoms with E-state index in [0.29, 0.717) is 33.8 Å². The lowest BCUT2D eigenvalue weighted by Gasteiger charge is -2.11. The molecule has 0 aliphatic rings. The fourth-order valence-electron chi connectivity index (χ4n) is 3.11. The van der Waals surface area contributed by atoms with Crippen molar-refractivity contribution >= 4 is 61.8 Å². The highest BCUT2D eigenvalue weighted by molar-refractivity contribution is 9.10. The normalized spacial score (nSPS) is 11.5. The number of ether oxygens (including phenoxy) is 1. The molecule has 4 aromatic rings. The number of H-pyrrole nitrogens is 1. The number of rotatable bonds is 5. The molecule has 0 bridgehead atoms. The SMILES string of the molecule is Cc1ccc2nc(/C(C#N)=C\c3cc(Br)ccc3OCc3ccc(Cl)c(Cl)c3)[nH]c2c1. The molecule has 31 heavy (non-hydrogen) atoms. The van der Waals surface area contributed by atoms with Crippen molar-refractivity contribution in [3.8, 4) is 11.8 Å². The van der Waals surface area contributed by atoms with E-state index in [1.807, 2.05) is 49.4 Å². The minimum atomic E-state index is 0.311. The van der Waals surface area contributed by atoms with Gasteiger partial charge in [-0.2, -0.15) is 5.26 Å². The number of nitriles is 1. The lowest BCUT2D eigenvalue weighted by molar-refractivity contribution is 0.305. The van der Waals surface area contributed by atoms with E-state index in [1.54, 1.807) is 18.2 Å². The van der Waals surface area contributed by atoms with Crippen LogP contribution in [0.5, 0.6) is 5.75 Å². The monoisotopic (exact) mass is 511 g/mol. The van der Waals surface area contributed by atoms with Gasteiger partial charge in [0.2, 0.25) is 0 Å². The second-order valence-corrected chi connectivity index (χ2v) is 8.73. The summed E-state index contributed by atoms with van der Waals surface area (Å²) < 4.78 is 6.90. The van der Waals surface area contributed by atoms with Crippen LogP contribution in [0.15, 0.2) is 59.1 Å². The number of nitrogens with zero attached hydrogens (tertiary/aromatic N) is 2. The largest absolute Gasteiger partial charge is 0.488 e. The van der Waals surface area contributed by atoms with E-state index in [2.05, 4.69) is 32.0 Å². The van der Waals surface area contributed by atoms with Gasteiger partial charge in [-0.3, -0.25) is 0 Å². The Hall–Kier alpha value is -2.78. The number of imidazole rings is 1. The molecule has 1 aromatic heterocycles. The standard InChI is InChI=1S/C24H16BrCl2N3O/c1-14-2-6-21-22(8-14)30-24(29-21)17(12-28)10-16-11-18(25)4-7-23(16)31-13-15-3-5-19(26)20(27)9-15/h2-11H,13H2,1H3,(H,29,30)/b17-10-. The van der Waals surface area contributed by atoms with Crippen LogP contribution in [0.25, 0.3) is 22.7 Å². The van der Waals surface area contributed by atoms with Crippen molar-refractivity contribution in [1.29, 1.82) is 5.26 Å². The number of hydrogen-bond donors (Lipinski definition) is 1. The van der Waals surface area contributed by atoms with Gasteiger partial charge in [0.15, 0.2) is 0 Å². The predicted molar refractivity (Wildman–Crippen MR) is 129 cm³/mol. The molecule has 0 spiro atoms. The first kappa shape index (κ1) is 21.5. The molecule has 1 heterocycles. The molecule has 0 atom stereocenters. The molecular formula is C24H16BrCl2N3O. The summed E-state index contributed by atoms with van der Waals surface area (Å²) >= 11 is 15.6. The van der Waals surface area contributed by atoms with Crippen molar-refractivity contribution in [2.75, 3.05) is 0 Å². The van der Waals surface area contributed by atoms with Crippen molar-refractivity contribution in [2.24, 2.45) is 0 Å². The second-order valence-electron chi connectivity index (χ2n) is 7.00. The predicted octanol–water partition coefficient (Wildman–Crippen LogP) is 7.58. The topological polar surface area (TPSA) is 61.7 Å². The minimum absolute atomic E-state index is 0.311. The van der Waals surface area contributed by atoms with Crippen LogP contribution < -0.4 is 4.74 Å². The molecule has 0 saturated heterocycles. The Morgan fingerprint density at radius 3 is 2.74 bits per heavy atom. The van der Waals surface area contributed by atoms with Crippen LogP contribution in [0.4, 0.5) is 0 Å². The number of hydrogen-bond acceptors (Lipinski definition) is 3. The Kier molecular flexibility index (Phi) is 6.33. The number of benzene rings is 3. The van der Waals surface area contributed by atoms with E-state index in [0.717, 1.165) is 32.2 Å². The average molecular weight is 513 g/mol. The van der Waals surface area contributed by atoms with Gasteiger partial charge in [0.25, 0.3) is 0 Å². The highest BCUT2D eigenvalue weighted by atomic mass is 79.9. The smallest absolute Gasteiger partial charge is 0.149 e. The molecule has 154 valence electrons. The summed E-state index contributed by atoms with van der Waals surface area (Å²) in [6.07, 6.45) is 1.76. The Balaban J connectivity index is 1.66. The third-order valence-corrected chi connectivity index (χ3v) is 5.90. The van der Waals surface area contributed by atoms with Gasteiger partial charge in [0.1, 0.15) is 24.3 Å². The van der Waals surface area contributed by atoms with E-state index in [1.165, 1.54) is 0 Å². The highest BCUT2D eigenvalue weighted by Crippen LogP contribution is 2.29. The van der Waals surface area contributed by atoms with E-state index in [4.69, 9.17) is 27.9 Å². The third-order valence-electron chi connectivity index (χ3n) is 4.66. The Morgan fingerprint density at radius 1 is 1.13 bits per heavy atom. The molecule has 4 nitrogen and oxygen atoms in total. The molecule has 0 radical (unpaired) electrons. The number of nitrogens with one attached hydrogen (secondary N) is 1. The minimum Gasteiger partial charge on any atom is -0.488 e. The Labute approximate surface area is 198 Å². The van der Waals surface area contributed by atoms with Crippen LogP contribution in [-0.2, 0) is 6.61 Å². The fourth-order valence-corrected chi connectivity index (χ4v) is 3.81. The first-order chi connectivity index (χ1) is 14.9. The molecule has 0 fully saturated rings. The molecule has 1 N–H and O–H groups in total. The van der Waals surface area contributed by atoms with Crippen molar-refractivity contribution in [2.45, 2.75) is 13.5 Å². The number of aromatic nitrogens is 2. The summed E-state index contributed by atoms with van der Waals surface area (Å²) in [6.45, 7) is 2.32. The van der Waals surface area contributed by atoms with Gasteiger partial charge < -0.3 is 9.72 Å². The van der Waals surface area contributed by atoms with Gasteiger partial charge in [-0.15, -0.1) is 0 Å². The van der Waals surface area contributed by atoms with Gasteiger partial charge in [-0.1, -0.05) is 51.3 Å². The van der Waals surface area contributed by atoms with E-state index >= 15 is 0 Å². The molecule has 0 unspecified atom stereocenters. The molecule has 3 aromatic carbocycles. The zero-order valence-corrected chi connectivity index (χ0v) is 19.5. The van der Waals surface area contributed by atoms with Crippen LogP contribution in [-0.4, -0.2) is 9.97 Å². The molecular weight excluding hydrogens is 497 g/mol. The number of fused-ring (bicyclic) bond motifs is 1. The maximum absolute atomic E-state index is 9.79. The molecule has 0 saturated carbocycles. The summed E-state index contributed by atoms with van der Waals surface area (Å²) in [5.74, 6) is 1.15. The van der Waals surface area contributed by atoms with E-state index in [-0.39, 0.29) is 0 Å². The molecule has 0 aliphatic carbocycles. The van der Waals surface area contributed by atoms with Gasteiger partial charge in [0.05, 0.1) is 26.7 Å². The lowest BCUT2D eigenvalue weighted by atomic mass is 10.1. The second kappa shape index (κ2) is 9.15. The van der Waals surface area contributed by atoms with Crippen molar-refractivity contribution in [3.63, 3.8) is 0 Å². The summed E-state index contributed by atoms with van der Waals surface area (Å²) in [6, 6.07) is 19.2.